The van der Waals surface area contributed by atoms with Gasteiger partial charge in [-0.1, -0.05) is 46.6 Å². The fraction of sp³-hybridized carbons (Fsp3) is 0.321. The summed E-state index contributed by atoms with van der Waals surface area (Å²) in [6.07, 6.45) is 4.89. The molecule has 0 saturated carbocycles. The number of halogens is 1. The Morgan fingerprint density at radius 2 is 1.59 bits per heavy atom. The number of carboxylic acid groups (broad SMARTS) is 1. The number of rotatable bonds is 10. The maximum Gasteiger partial charge on any atom is 0.335 e. The first-order valence-electron chi connectivity index (χ1n) is 11.9. The lowest BCUT2D eigenvalue weighted by atomic mass is 9.98. The monoisotopic (exact) mass is 522 g/mol. The number of ether oxygens (including phenoxy) is 1. The van der Waals surface area contributed by atoms with Crippen LogP contribution in [0.4, 0.5) is 0 Å². The first kappa shape index (κ1) is 24.5. The normalized spacial score (nSPS) is 16.3. The summed E-state index contributed by atoms with van der Waals surface area (Å²) in [5.41, 5.74) is 2.74. The molecule has 1 saturated heterocycles. The largest absolute Gasteiger partial charge is 0.478 e. The fourth-order valence-electron chi connectivity index (χ4n) is 4.40. The zero-order valence-electron chi connectivity index (χ0n) is 19.3. The molecule has 34 heavy (non-hydrogen) atoms. The number of nitrogens with one attached hydrogen (secondary N) is 1. The second kappa shape index (κ2) is 12.2. The number of piperidine rings is 1. The highest BCUT2D eigenvalue weighted by Gasteiger charge is 2.22. The predicted molar refractivity (Wildman–Crippen MR) is 138 cm³/mol. The Morgan fingerprint density at radius 3 is 2.26 bits per heavy atom. The van der Waals surface area contributed by atoms with E-state index in [4.69, 9.17) is 9.84 Å². The third kappa shape index (κ3) is 7.16. The zero-order valence-corrected chi connectivity index (χ0v) is 20.8. The van der Waals surface area contributed by atoms with Crippen molar-refractivity contribution < 1.29 is 14.6 Å². The Labute approximate surface area is 209 Å². The summed E-state index contributed by atoms with van der Waals surface area (Å²) < 4.78 is 6.99. The van der Waals surface area contributed by atoms with Crippen LogP contribution in [0.5, 0.6) is 11.5 Å². The molecule has 178 valence electrons. The van der Waals surface area contributed by atoms with Crippen molar-refractivity contribution >= 4 is 21.9 Å². The van der Waals surface area contributed by atoms with Gasteiger partial charge < -0.3 is 15.2 Å². The molecule has 2 N–H and O–H groups in total. The number of likely N-dealkylation sites (tertiary alicyclic amines) is 1. The molecule has 0 aliphatic carbocycles. The van der Waals surface area contributed by atoms with Crippen LogP contribution in [0, 0.1) is 0 Å². The molecule has 3 aromatic carbocycles. The predicted octanol–water partition coefficient (Wildman–Crippen LogP) is 6.47. The first-order chi connectivity index (χ1) is 16.6. The summed E-state index contributed by atoms with van der Waals surface area (Å²) in [5, 5.41) is 12.5. The van der Waals surface area contributed by atoms with Gasteiger partial charge in [-0.15, -0.1) is 0 Å². The standard InChI is InChI=1S/C28H31BrN2O3/c29-24-10-14-27(15-11-24)34-26-12-6-22(7-13-26)20-31-18-2-1-3-25(31)16-17-30-19-21-4-8-23(9-5-21)28(32)33/h4-15,25,30H,1-3,16-20H2,(H,32,33). The molecule has 0 radical (unpaired) electrons. The maximum absolute atomic E-state index is 11.0. The van der Waals surface area contributed by atoms with Crippen LogP contribution in [0.1, 0.15) is 47.2 Å². The van der Waals surface area contributed by atoms with Crippen LogP contribution in [0.2, 0.25) is 0 Å². The number of nitrogens with zero attached hydrogens (tertiary/aromatic N) is 1. The second-order valence-corrected chi connectivity index (χ2v) is 9.70. The van der Waals surface area contributed by atoms with E-state index in [1.165, 1.54) is 24.8 Å². The lowest BCUT2D eigenvalue weighted by molar-refractivity contribution is 0.0697. The van der Waals surface area contributed by atoms with Gasteiger partial charge in [0, 0.05) is 23.6 Å². The highest BCUT2D eigenvalue weighted by molar-refractivity contribution is 9.10. The summed E-state index contributed by atoms with van der Waals surface area (Å²) in [6.45, 7) is 3.80. The molecule has 1 fully saturated rings. The maximum atomic E-state index is 11.0. The van der Waals surface area contributed by atoms with Gasteiger partial charge in [0.15, 0.2) is 0 Å². The van der Waals surface area contributed by atoms with Crippen LogP contribution in [-0.4, -0.2) is 35.1 Å². The van der Waals surface area contributed by atoms with E-state index in [0.29, 0.717) is 11.6 Å². The minimum atomic E-state index is -0.886. The van der Waals surface area contributed by atoms with E-state index in [0.717, 1.165) is 54.1 Å². The van der Waals surface area contributed by atoms with Crippen molar-refractivity contribution in [2.75, 3.05) is 13.1 Å². The van der Waals surface area contributed by atoms with E-state index < -0.39 is 5.97 Å². The molecular formula is C28H31BrN2O3. The summed E-state index contributed by atoms with van der Waals surface area (Å²) in [7, 11) is 0. The van der Waals surface area contributed by atoms with Crippen molar-refractivity contribution in [1.82, 2.24) is 10.2 Å². The van der Waals surface area contributed by atoms with Gasteiger partial charge in [-0.2, -0.15) is 0 Å². The van der Waals surface area contributed by atoms with Gasteiger partial charge in [-0.3, -0.25) is 4.90 Å². The van der Waals surface area contributed by atoms with Crippen molar-refractivity contribution in [2.24, 2.45) is 0 Å². The second-order valence-electron chi connectivity index (χ2n) is 8.79. The average molecular weight is 523 g/mol. The third-order valence-electron chi connectivity index (χ3n) is 6.29. The summed E-state index contributed by atoms with van der Waals surface area (Å²) >= 11 is 3.45. The molecular weight excluding hydrogens is 492 g/mol. The molecule has 0 spiro atoms. The van der Waals surface area contributed by atoms with Crippen molar-refractivity contribution in [1.29, 1.82) is 0 Å². The molecule has 3 aromatic rings. The van der Waals surface area contributed by atoms with Crippen LogP contribution < -0.4 is 10.1 Å². The van der Waals surface area contributed by atoms with Crippen LogP contribution in [0.15, 0.2) is 77.3 Å². The molecule has 1 unspecified atom stereocenters. The molecule has 1 aliphatic heterocycles. The van der Waals surface area contributed by atoms with E-state index >= 15 is 0 Å². The van der Waals surface area contributed by atoms with Gasteiger partial charge in [-0.25, -0.2) is 4.79 Å². The van der Waals surface area contributed by atoms with Gasteiger partial charge in [-0.05, 0) is 92.0 Å². The first-order valence-corrected chi connectivity index (χ1v) is 12.7. The summed E-state index contributed by atoms with van der Waals surface area (Å²) in [4.78, 5) is 13.6. The Morgan fingerprint density at radius 1 is 0.941 bits per heavy atom. The van der Waals surface area contributed by atoms with Crippen molar-refractivity contribution in [3.05, 3.63) is 94.0 Å². The summed E-state index contributed by atoms with van der Waals surface area (Å²) in [6, 6.07) is 24.0. The number of carbonyl (C=O) groups is 1. The number of benzene rings is 3. The Hall–Kier alpha value is -2.67. The fourth-order valence-corrected chi connectivity index (χ4v) is 4.66. The zero-order chi connectivity index (χ0) is 23.8. The lowest BCUT2D eigenvalue weighted by Crippen LogP contribution is -2.40. The van der Waals surface area contributed by atoms with Gasteiger partial charge in [0.05, 0.1) is 5.56 Å². The Kier molecular flexibility index (Phi) is 8.74. The van der Waals surface area contributed by atoms with Crippen LogP contribution in [-0.2, 0) is 13.1 Å². The van der Waals surface area contributed by atoms with E-state index in [9.17, 15) is 4.79 Å². The number of carboxylic acids is 1. The van der Waals surface area contributed by atoms with Crippen LogP contribution >= 0.6 is 15.9 Å². The van der Waals surface area contributed by atoms with Crippen molar-refractivity contribution in [2.45, 2.75) is 44.8 Å². The van der Waals surface area contributed by atoms with Crippen LogP contribution in [0.3, 0.4) is 0 Å². The smallest absolute Gasteiger partial charge is 0.335 e. The topological polar surface area (TPSA) is 61.8 Å². The van der Waals surface area contributed by atoms with Crippen molar-refractivity contribution in [3.63, 3.8) is 0 Å². The highest BCUT2D eigenvalue weighted by atomic mass is 79.9. The molecule has 0 bridgehead atoms. The number of hydrogen-bond acceptors (Lipinski definition) is 4. The van der Waals surface area contributed by atoms with E-state index in [2.05, 4.69) is 38.3 Å². The molecule has 1 atom stereocenters. The number of hydrogen-bond donors (Lipinski definition) is 2. The average Bonchev–Trinajstić information content (AvgIpc) is 2.85. The van der Waals surface area contributed by atoms with Gasteiger partial charge in [0.2, 0.25) is 0 Å². The molecule has 1 aliphatic rings. The number of aromatic carboxylic acids is 1. The minimum Gasteiger partial charge on any atom is -0.478 e. The molecule has 1 heterocycles. The Bertz CT molecular complexity index is 1050. The quantitative estimate of drug-likeness (QED) is 0.298. The Balaban J connectivity index is 1.24. The SMILES string of the molecule is O=C(O)c1ccc(CNCCC2CCCCN2Cc2ccc(Oc3ccc(Br)cc3)cc2)cc1. The molecule has 6 heteroatoms. The summed E-state index contributed by atoms with van der Waals surface area (Å²) in [5.74, 6) is 0.794. The third-order valence-corrected chi connectivity index (χ3v) is 6.82. The van der Waals surface area contributed by atoms with Gasteiger partial charge in [0.25, 0.3) is 0 Å². The molecule has 0 amide bonds. The lowest BCUT2D eigenvalue weighted by Gasteiger charge is -2.36. The van der Waals surface area contributed by atoms with Gasteiger partial charge >= 0.3 is 5.97 Å². The highest BCUT2D eigenvalue weighted by Crippen LogP contribution is 2.25. The van der Waals surface area contributed by atoms with Gasteiger partial charge in [0.1, 0.15) is 11.5 Å². The van der Waals surface area contributed by atoms with E-state index in [1.807, 2.05) is 48.5 Å². The minimum absolute atomic E-state index is 0.328. The van der Waals surface area contributed by atoms with E-state index in [-0.39, 0.29) is 0 Å². The van der Waals surface area contributed by atoms with Crippen molar-refractivity contribution in [3.8, 4) is 11.5 Å². The van der Waals surface area contributed by atoms with Crippen LogP contribution in [0.25, 0.3) is 0 Å². The molecule has 0 aromatic heterocycles. The molecule has 5 nitrogen and oxygen atoms in total. The van der Waals surface area contributed by atoms with E-state index in [1.54, 1.807) is 12.1 Å². The molecule has 4 rings (SSSR count).